The summed E-state index contributed by atoms with van der Waals surface area (Å²) >= 11 is 0. The highest BCUT2D eigenvalue weighted by Crippen LogP contribution is 2.32. The van der Waals surface area contributed by atoms with Crippen LogP contribution in [0, 0.1) is 11.3 Å². The first kappa shape index (κ1) is 18.0. The van der Waals surface area contributed by atoms with Gasteiger partial charge in [-0.1, -0.05) is 45.9 Å². The Bertz CT molecular complexity index is 518. The fourth-order valence-electron chi connectivity index (χ4n) is 2.32. The van der Waals surface area contributed by atoms with E-state index in [1.807, 2.05) is 6.07 Å². The second-order valence-corrected chi connectivity index (χ2v) is 6.06. The van der Waals surface area contributed by atoms with Gasteiger partial charge in [-0.15, -0.1) is 0 Å². The molecule has 0 unspecified atom stereocenters. The first-order chi connectivity index (χ1) is 10.4. The molecule has 1 atom stereocenters. The Morgan fingerprint density at radius 3 is 2.18 bits per heavy atom. The number of ether oxygens (including phenoxy) is 1. The summed E-state index contributed by atoms with van der Waals surface area (Å²) in [4.78, 5) is 12.0. The lowest BCUT2D eigenvalue weighted by Crippen LogP contribution is -2.29. The summed E-state index contributed by atoms with van der Waals surface area (Å²) in [5, 5.41) is 11.8. The van der Waals surface area contributed by atoms with Crippen LogP contribution in [0.15, 0.2) is 18.2 Å². The normalized spacial score (nSPS) is 12.1. The fourth-order valence-corrected chi connectivity index (χ4v) is 2.32. The van der Waals surface area contributed by atoms with Gasteiger partial charge in [-0.25, -0.2) is 4.79 Å². The number of hydrogen-bond acceptors (Lipinski definition) is 4. The van der Waals surface area contributed by atoms with Crippen LogP contribution < -0.4 is 5.32 Å². The first-order valence-electron chi connectivity index (χ1n) is 7.81. The molecular weight excluding hydrogens is 276 g/mol. The molecular formula is C18H26N2O2. The van der Waals surface area contributed by atoms with Crippen molar-refractivity contribution in [3.8, 4) is 6.07 Å². The van der Waals surface area contributed by atoms with Crippen molar-refractivity contribution in [2.24, 2.45) is 0 Å². The van der Waals surface area contributed by atoms with Crippen molar-refractivity contribution < 1.29 is 9.53 Å². The Morgan fingerprint density at radius 2 is 1.73 bits per heavy atom. The number of nitrogens with one attached hydrogen (secondary N) is 1. The Balaban J connectivity index is 2.95. The molecule has 1 aromatic rings. The molecule has 0 aromatic heterocycles. The van der Waals surface area contributed by atoms with E-state index in [0.29, 0.717) is 11.8 Å². The zero-order valence-electron chi connectivity index (χ0n) is 14.1. The number of carbonyl (C=O) groups excluding carboxylic acids is 1. The van der Waals surface area contributed by atoms with Crippen molar-refractivity contribution >= 4 is 11.7 Å². The predicted molar refractivity (Wildman–Crippen MR) is 88.9 cm³/mol. The zero-order chi connectivity index (χ0) is 16.7. The lowest BCUT2D eigenvalue weighted by Gasteiger charge is -2.23. The van der Waals surface area contributed by atoms with Crippen LogP contribution in [0.4, 0.5) is 5.69 Å². The summed E-state index contributed by atoms with van der Waals surface area (Å²) in [6.45, 7) is 10.5. The maximum absolute atomic E-state index is 12.0. The van der Waals surface area contributed by atoms with Crippen molar-refractivity contribution in [3.63, 3.8) is 0 Å². The number of benzene rings is 1. The summed E-state index contributed by atoms with van der Waals surface area (Å²) in [5.74, 6) is 0.398. The van der Waals surface area contributed by atoms with Gasteiger partial charge in [0.15, 0.2) is 0 Å². The van der Waals surface area contributed by atoms with E-state index < -0.39 is 6.04 Å². The summed E-state index contributed by atoms with van der Waals surface area (Å²) in [6.07, 6.45) is 0.221. The minimum absolute atomic E-state index is 0.143. The maximum atomic E-state index is 12.0. The molecule has 0 aliphatic heterocycles. The van der Waals surface area contributed by atoms with Gasteiger partial charge < -0.3 is 10.1 Å². The van der Waals surface area contributed by atoms with Crippen LogP contribution in [0.5, 0.6) is 0 Å². The molecule has 4 heteroatoms. The number of carbonyl (C=O) groups is 1. The van der Waals surface area contributed by atoms with Gasteiger partial charge in [0.2, 0.25) is 0 Å². The van der Waals surface area contributed by atoms with Crippen LogP contribution in [0.3, 0.4) is 0 Å². The van der Waals surface area contributed by atoms with Gasteiger partial charge >= 0.3 is 5.97 Å². The second-order valence-electron chi connectivity index (χ2n) is 6.06. The average Bonchev–Trinajstić information content (AvgIpc) is 2.46. The van der Waals surface area contributed by atoms with E-state index in [-0.39, 0.29) is 19.0 Å². The highest BCUT2D eigenvalue weighted by molar-refractivity contribution is 5.80. The van der Waals surface area contributed by atoms with E-state index in [0.717, 1.165) is 5.69 Å². The van der Waals surface area contributed by atoms with Gasteiger partial charge in [0.25, 0.3) is 0 Å². The molecule has 0 aliphatic carbocycles. The number of esters is 1. The minimum Gasteiger partial charge on any atom is -0.463 e. The number of nitriles is 1. The third kappa shape index (κ3) is 4.77. The summed E-state index contributed by atoms with van der Waals surface area (Å²) in [6, 6.07) is 7.76. The topological polar surface area (TPSA) is 62.1 Å². The van der Waals surface area contributed by atoms with Gasteiger partial charge in [-0.2, -0.15) is 5.26 Å². The zero-order valence-corrected chi connectivity index (χ0v) is 14.1. The molecule has 22 heavy (non-hydrogen) atoms. The standard InChI is InChI=1S/C18H26N2O2/c1-12(2)15-8-6-9-16(13(3)4)17(15)20-14(5)18(21)22-11-7-10-19/h6,8-9,12-14,20H,7,11H2,1-5H3/t14-/m0/s1. The summed E-state index contributed by atoms with van der Waals surface area (Å²) in [5.41, 5.74) is 3.42. The van der Waals surface area contributed by atoms with Crippen molar-refractivity contribution in [2.75, 3.05) is 11.9 Å². The Hall–Kier alpha value is -2.02. The molecule has 1 N–H and O–H groups in total. The first-order valence-corrected chi connectivity index (χ1v) is 7.81. The van der Waals surface area contributed by atoms with Crippen LogP contribution in [-0.4, -0.2) is 18.6 Å². The third-order valence-corrected chi connectivity index (χ3v) is 3.55. The quantitative estimate of drug-likeness (QED) is 0.606. The maximum Gasteiger partial charge on any atom is 0.328 e. The molecule has 0 saturated heterocycles. The molecule has 0 saturated carbocycles. The van der Waals surface area contributed by atoms with E-state index >= 15 is 0 Å². The average molecular weight is 302 g/mol. The molecule has 0 aliphatic rings. The van der Waals surface area contributed by atoms with Crippen LogP contribution >= 0.6 is 0 Å². The monoisotopic (exact) mass is 302 g/mol. The van der Waals surface area contributed by atoms with Gasteiger partial charge in [0.1, 0.15) is 12.6 Å². The largest absolute Gasteiger partial charge is 0.463 e. The second kappa shape index (κ2) is 8.43. The molecule has 0 fully saturated rings. The van der Waals surface area contributed by atoms with E-state index in [1.165, 1.54) is 11.1 Å². The van der Waals surface area contributed by atoms with Crippen molar-refractivity contribution in [3.05, 3.63) is 29.3 Å². The molecule has 0 radical (unpaired) electrons. The van der Waals surface area contributed by atoms with Gasteiger partial charge in [-0.05, 0) is 29.9 Å². The number of hydrogen-bond donors (Lipinski definition) is 1. The lowest BCUT2D eigenvalue weighted by atomic mass is 9.92. The molecule has 1 aromatic carbocycles. The van der Waals surface area contributed by atoms with E-state index in [1.54, 1.807) is 6.92 Å². The molecule has 4 nitrogen and oxygen atoms in total. The van der Waals surface area contributed by atoms with Crippen LogP contribution in [-0.2, 0) is 9.53 Å². The van der Waals surface area contributed by atoms with E-state index in [2.05, 4.69) is 51.2 Å². The highest BCUT2D eigenvalue weighted by atomic mass is 16.5. The van der Waals surface area contributed by atoms with E-state index in [9.17, 15) is 4.79 Å². The van der Waals surface area contributed by atoms with Crippen molar-refractivity contribution in [1.29, 1.82) is 5.26 Å². The Labute approximate surface area is 133 Å². The summed E-state index contributed by atoms with van der Waals surface area (Å²) in [7, 11) is 0. The molecule has 0 spiro atoms. The van der Waals surface area contributed by atoms with E-state index in [4.69, 9.17) is 10.00 Å². The Kier molecular flexibility index (Phi) is 6.91. The third-order valence-electron chi connectivity index (χ3n) is 3.55. The molecule has 1 rings (SSSR count). The fraction of sp³-hybridized carbons (Fsp3) is 0.556. The number of para-hydroxylation sites is 1. The van der Waals surface area contributed by atoms with Crippen LogP contribution in [0.1, 0.15) is 64.0 Å². The van der Waals surface area contributed by atoms with Crippen LogP contribution in [0.2, 0.25) is 0 Å². The molecule has 0 bridgehead atoms. The SMILES string of the molecule is CC(C)c1cccc(C(C)C)c1N[C@@H](C)C(=O)OCCC#N. The Morgan fingerprint density at radius 1 is 1.18 bits per heavy atom. The van der Waals surface area contributed by atoms with Crippen molar-refractivity contribution in [2.45, 2.75) is 58.9 Å². The number of anilines is 1. The minimum atomic E-state index is -0.448. The van der Waals surface area contributed by atoms with Crippen molar-refractivity contribution in [1.82, 2.24) is 0 Å². The summed E-state index contributed by atoms with van der Waals surface area (Å²) < 4.78 is 5.09. The van der Waals surface area contributed by atoms with Crippen LogP contribution in [0.25, 0.3) is 0 Å². The van der Waals surface area contributed by atoms with Gasteiger partial charge in [-0.3, -0.25) is 0 Å². The highest BCUT2D eigenvalue weighted by Gasteiger charge is 2.19. The molecule has 0 amide bonds. The smallest absolute Gasteiger partial charge is 0.328 e. The lowest BCUT2D eigenvalue weighted by molar-refractivity contribution is -0.143. The molecule has 120 valence electrons. The predicted octanol–water partition coefficient (Wildman–Crippen LogP) is 4.19. The number of rotatable bonds is 7. The van der Waals surface area contributed by atoms with Gasteiger partial charge in [0, 0.05) is 5.69 Å². The molecule has 0 heterocycles. The number of nitrogens with zero attached hydrogens (tertiary/aromatic N) is 1. The van der Waals surface area contributed by atoms with Gasteiger partial charge in [0.05, 0.1) is 12.5 Å².